The highest BCUT2D eigenvalue weighted by atomic mass is 31.1. The van der Waals surface area contributed by atoms with E-state index in [1.54, 1.807) is 0 Å². The molecule has 1 unspecified atom stereocenters. The van der Waals surface area contributed by atoms with Crippen molar-refractivity contribution in [2.45, 2.75) is 27.2 Å². The number of aryl methyl sites for hydroxylation is 1. The fourth-order valence-electron chi connectivity index (χ4n) is 1.02. The van der Waals surface area contributed by atoms with E-state index >= 15 is 0 Å². The summed E-state index contributed by atoms with van der Waals surface area (Å²) in [6.07, 6.45) is 1.09. The quantitative estimate of drug-likeness (QED) is 0.540. The zero-order valence-corrected chi connectivity index (χ0v) is 10.6. The molecule has 0 aliphatic carbocycles. The van der Waals surface area contributed by atoms with Gasteiger partial charge < -0.3 is 9.05 Å². The molecule has 0 saturated carbocycles. The van der Waals surface area contributed by atoms with Crippen LogP contribution in [0.15, 0.2) is 24.3 Å². The molecule has 0 bridgehead atoms. The highest BCUT2D eigenvalue weighted by molar-refractivity contribution is 7.26. The summed E-state index contributed by atoms with van der Waals surface area (Å²) < 4.78 is 10.8. The van der Waals surface area contributed by atoms with Gasteiger partial charge in [0.15, 0.2) is 0 Å². The predicted molar refractivity (Wildman–Crippen MR) is 65.5 cm³/mol. The van der Waals surface area contributed by atoms with Gasteiger partial charge in [-0.05, 0) is 31.4 Å². The normalized spacial score (nSPS) is 11.5. The average molecular weight is 226 g/mol. The Bertz CT molecular complexity index is 269. The summed E-state index contributed by atoms with van der Waals surface area (Å²) in [5.74, 6) is 1.57. The lowest BCUT2D eigenvalue weighted by Crippen LogP contribution is -1.94. The molecule has 0 fully saturated rings. The van der Waals surface area contributed by atoms with Gasteiger partial charge in [0.2, 0.25) is 9.03 Å². The molecule has 3 heteroatoms. The van der Waals surface area contributed by atoms with E-state index in [4.69, 9.17) is 9.05 Å². The van der Waals surface area contributed by atoms with Crippen molar-refractivity contribution in [3.8, 4) is 5.75 Å². The third-order valence-electron chi connectivity index (χ3n) is 2.04. The van der Waals surface area contributed by atoms with Gasteiger partial charge in [0.1, 0.15) is 5.75 Å². The standard InChI is InChI=1S/C12H19O2P/c1-10(2)8-9-13-15-14-12-6-4-11(3)5-7-12/h4-7,10,15H,8-9H2,1-3H3. The van der Waals surface area contributed by atoms with Crippen molar-refractivity contribution in [2.75, 3.05) is 6.61 Å². The number of hydrogen-bond donors (Lipinski definition) is 0. The van der Waals surface area contributed by atoms with Crippen molar-refractivity contribution >= 4 is 9.03 Å². The van der Waals surface area contributed by atoms with Crippen LogP contribution in [0, 0.1) is 12.8 Å². The Hall–Kier alpha value is -0.590. The van der Waals surface area contributed by atoms with E-state index in [9.17, 15) is 0 Å². The van der Waals surface area contributed by atoms with Crippen LogP contribution in [0.25, 0.3) is 0 Å². The Labute approximate surface area is 93.9 Å². The van der Waals surface area contributed by atoms with Crippen LogP contribution in [0.2, 0.25) is 0 Å². The fourth-order valence-corrected chi connectivity index (χ4v) is 1.51. The van der Waals surface area contributed by atoms with Crippen molar-refractivity contribution < 1.29 is 9.05 Å². The van der Waals surface area contributed by atoms with Gasteiger partial charge in [-0.3, -0.25) is 0 Å². The number of rotatable bonds is 6. The van der Waals surface area contributed by atoms with Gasteiger partial charge in [-0.25, -0.2) is 0 Å². The molecule has 84 valence electrons. The molecule has 0 aromatic heterocycles. The zero-order valence-electron chi connectivity index (χ0n) is 9.62. The highest BCUT2D eigenvalue weighted by Gasteiger charge is 1.96. The summed E-state index contributed by atoms with van der Waals surface area (Å²) in [5, 5.41) is 0. The van der Waals surface area contributed by atoms with Gasteiger partial charge in [-0.15, -0.1) is 0 Å². The summed E-state index contributed by atoms with van der Waals surface area (Å²) in [6, 6.07) is 8.00. The molecule has 15 heavy (non-hydrogen) atoms. The maximum atomic E-state index is 5.45. The molecular formula is C12H19O2P. The van der Waals surface area contributed by atoms with E-state index in [0.717, 1.165) is 18.8 Å². The molecule has 0 amide bonds. The minimum atomic E-state index is 0.106. The SMILES string of the molecule is Cc1ccc(OPOCCC(C)C)cc1. The van der Waals surface area contributed by atoms with E-state index in [0.29, 0.717) is 5.92 Å². The molecule has 0 aliphatic rings. The van der Waals surface area contributed by atoms with Crippen LogP contribution in [0.1, 0.15) is 25.8 Å². The van der Waals surface area contributed by atoms with E-state index in [1.165, 1.54) is 5.56 Å². The van der Waals surface area contributed by atoms with E-state index in [-0.39, 0.29) is 9.03 Å². The maximum absolute atomic E-state index is 5.45. The first-order valence-electron chi connectivity index (χ1n) is 5.29. The smallest absolute Gasteiger partial charge is 0.215 e. The summed E-state index contributed by atoms with van der Waals surface area (Å²) in [5.41, 5.74) is 1.24. The predicted octanol–water partition coefficient (Wildman–Crippen LogP) is 3.95. The van der Waals surface area contributed by atoms with Crippen molar-refractivity contribution in [1.82, 2.24) is 0 Å². The summed E-state index contributed by atoms with van der Waals surface area (Å²) in [6.45, 7) is 7.22. The first-order valence-corrected chi connectivity index (χ1v) is 6.10. The fraction of sp³-hybridized carbons (Fsp3) is 0.500. The van der Waals surface area contributed by atoms with Gasteiger partial charge in [0, 0.05) is 0 Å². The molecule has 1 rings (SSSR count). The summed E-state index contributed by atoms with van der Waals surface area (Å²) in [4.78, 5) is 0. The zero-order chi connectivity index (χ0) is 11.1. The van der Waals surface area contributed by atoms with E-state index in [2.05, 4.69) is 20.8 Å². The Morgan fingerprint density at radius 1 is 1.20 bits per heavy atom. The second kappa shape index (κ2) is 6.81. The second-order valence-corrected chi connectivity index (χ2v) is 4.69. The molecule has 1 atom stereocenters. The molecule has 1 aromatic rings. The van der Waals surface area contributed by atoms with Crippen LogP contribution in [-0.4, -0.2) is 6.61 Å². The Morgan fingerprint density at radius 2 is 1.87 bits per heavy atom. The first kappa shape index (κ1) is 12.5. The summed E-state index contributed by atoms with van der Waals surface area (Å²) in [7, 11) is 0.106. The molecule has 1 aromatic carbocycles. The largest absolute Gasteiger partial charge is 0.450 e. The van der Waals surface area contributed by atoms with E-state index in [1.807, 2.05) is 24.3 Å². The topological polar surface area (TPSA) is 18.5 Å². The lowest BCUT2D eigenvalue weighted by molar-refractivity contribution is 0.301. The average Bonchev–Trinajstić information content (AvgIpc) is 2.20. The van der Waals surface area contributed by atoms with Gasteiger partial charge in [0.05, 0.1) is 6.61 Å². The van der Waals surface area contributed by atoms with Crippen LogP contribution in [0.3, 0.4) is 0 Å². The van der Waals surface area contributed by atoms with Crippen molar-refractivity contribution in [3.05, 3.63) is 29.8 Å². The monoisotopic (exact) mass is 226 g/mol. The number of hydrogen-bond acceptors (Lipinski definition) is 2. The number of benzene rings is 1. The van der Waals surface area contributed by atoms with Crippen LogP contribution in [0.4, 0.5) is 0 Å². The Kier molecular flexibility index (Phi) is 5.67. The minimum absolute atomic E-state index is 0.106. The molecule has 0 spiro atoms. The lowest BCUT2D eigenvalue weighted by Gasteiger charge is -2.07. The van der Waals surface area contributed by atoms with Crippen LogP contribution in [-0.2, 0) is 4.52 Å². The van der Waals surface area contributed by atoms with Gasteiger partial charge >= 0.3 is 0 Å². The van der Waals surface area contributed by atoms with E-state index < -0.39 is 0 Å². The molecule has 0 aliphatic heterocycles. The Morgan fingerprint density at radius 3 is 2.47 bits per heavy atom. The van der Waals surface area contributed by atoms with Crippen molar-refractivity contribution in [3.63, 3.8) is 0 Å². The molecular weight excluding hydrogens is 207 g/mol. The third-order valence-corrected chi connectivity index (χ3v) is 2.68. The van der Waals surface area contributed by atoms with Gasteiger partial charge in [-0.1, -0.05) is 31.5 Å². The van der Waals surface area contributed by atoms with Crippen LogP contribution < -0.4 is 4.52 Å². The molecule has 0 heterocycles. The van der Waals surface area contributed by atoms with Crippen LogP contribution >= 0.6 is 9.03 Å². The Balaban J connectivity index is 2.12. The van der Waals surface area contributed by atoms with Crippen molar-refractivity contribution in [2.24, 2.45) is 5.92 Å². The highest BCUT2D eigenvalue weighted by Crippen LogP contribution is 2.22. The van der Waals surface area contributed by atoms with Crippen LogP contribution in [0.5, 0.6) is 5.75 Å². The molecule has 2 nitrogen and oxygen atoms in total. The molecule has 0 saturated heterocycles. The van der Waals surface area contributed by atoms with Gasteiger partial charge in [-0.2, -0.15) is 0 Å². The molecule has 0 radical (unpaired) electrons. The first-order chi connectivity index (χ1) is 7.18. The lowest BCUT2D eigenvalue weighted by atomic mass is 10.2. The summed E-state index contributed by atoms with van der Waals surface area (Å²) >= 11 is 0. The second-order valence-electron chi connectivity index (χ2n) is 4.03. The van der Waals surface area contributed by atoms with Gasteiger partial charge in [0.25, 0.3) is 0 Å². The molecule has 0 N–H and O–H groups in total. The third kappa shape index (κ3) is 5.76. The minimum Gasteiger partial charge on any atom is -0.450 e. The maximum Gasteiger partial charge on any atom is 0.215 e. The van der Waals surface area contributed by atoms with Crippen molar-refractivity contribution in [1.29, 1.82) is 0 Å².